The number of amides is 1. The molecule has 2 aliphatic rings. The summed E-state index contributed by atoms with van der Waals surface area (Å²) >= 11 is 0. The summed E-state index contributed by atoms with van der Waals surface area (Å²) in [5.41, 5.74) is 0.0151. The van der Waals surface area contributed by atoms with Gasteiger partial charge in [-0.15, -0.1) is 0 Å². The first kappa shape index (κ1) is 18.0. The zero-order valence-electron chi connectivity index (χ0n) is 14.9. The van der Waals surface area contributed by atoms with Crippen molar-refractivity contribution in [3.05, 3.63) is 33.9 Å². The molecule has 2 aliphatic heterocycles. The lowest BCUT2D eigenvalue weighted by molar-refractivity contribution is -0.384. The molecule has 0 aromatic heterocycles. The number of fused-ring (bicyclic) bond motifs is 3. The molecular formula is C17H21N3O6. The maximum atomic E-state index is 12.3. The van der Waals surface area contributed by atoms with E-state index in [2.05, 4.69) is 0 Å². The normalized spacial score (nSPS) is 19.8. The van der Waals surface area contributed by atoms with Gasteiger partial charge in [0.15, 0.2) is 0 Å². The minimum Gasteiger partial charge on any atom is -0.460 e. The van der Waals surface area contributed by atoms with E-state index in [1.807, 2.05) is 4.90 Å². The van der Waals surface area contributed by atoms with Crippen LogP contribution >= 0.6 is 0 Å². The summed E-state index contributed by atoms with van der Waals surface area (Å²) in [6, 6.07) is 3.94. The van der Waals surface area contributed by atoms with E-state index in [4.69, 9.17) is 9.47 Å². The monoisotopic (exact) mass is 363 g/mol. The van der Waals surface area contributed by atoms with E-state index in [1.165, 1.54) is 12.1 Å². The number of hydrogen-bond donors (Lipinski definition) is 0. The molecule has 3 rings (SSSR count). The first-order valence-electron chi connectivity index (χ1n) is 8.36. The molecule has 1 fully saturated rings. The highest BCUT2D eigenvalue weighted by atomic mass is 16.6. The standard InChI is InChI=1S/C17H21N3O6/c1-17(2,3)26-16(22)18-6-7-19-12(9-18)10-25-15(21)13-8-11(20(23)24)4-5-14(13)19/h4-5,8,12H,6-7,9-10H2,1-3H3/t12-/m0/s1. The fraction of sp³-hybridized carbons (Fsp3) is 0.529. The molecule has 1 atom stereocenters. The lowest BCUT2D eigenvalue weighted by Crippen LogP contribution is -2.56. The highest BCUT2D eigenvalue weighted by Gasteiger charge is 2.37. The zero-order chi connectivity index (χ0) is 19.1. The van der Waals surface area contributed by atoms with E-state index in [-0.39, 0.29) is 23.9 Å². The number of benzene rings is 1. The van der Waals surface area contributed by atoms with Crippen LogP contribution in [0.4, 0.5) is 16.2 Å². The summed E-state index contributed by atoms with van der Waals surface area (Å²) in [7, 11) is 0. The summed E-state index contributed by atoms with van der Waals surface area (Å²) in [5, 5.41) is 11.0. The quantitative estimate of drug-likeness (QED) is 0.428. The number of nitro groups is 1. The van der Waals surface area contributed by atoms with E-state index < -0.39 is 22.6 Å². The van der Waals surface area contributed by atoms with Crippen LogP contribution in [0.5, 0.6) is 0 Å². The topological polar surface area (TPSA) is 102 Å². The van der Waals surface area contributed by atoms with Crippen molar-refractivity contribution in [2.75, 3.05) is 31.1 Å². The van der Waals surface area contributed by atoms with E-state index in [0.29, 0.717) is 25.3 Å². The second kappa shape index (κ2) is 6.47. The van der Waals surface area contributed by atoms with Crippen molar-refractivity contribution in [1.29, 1.82) is 0 Å². The van der Waals surface area contributed by atoms with E-state index in [1.54, 1.807) is 31.7 Å². The number of non-ortho nitro benzene ring substituents is 1. The van der Waals surface area contributed by atoms with Gasteiger partial charge in [0.1, 0.15) is 12.2 Å². The molecule has 0 N–H and O–H groups in total. The largest absolute Gasteiger partial charge is 0.460 e. The number of esters is 1. The minimum atomic E-state index is -0.595. The van der Waals surface area contributed by atoms with Crippen LogP contribution in [0.15, 0.2) is 18.2 Å². The molecule has 2 heterocycles. The SMILES string of the molecule is CC(C)(C)OC(=O)N1CCN2c3ccc([N+](=O)[O-])cc3C(=O)OC[C@@H]2C1. The van der Waals surface area contributed by atoms with Crippen LogP contribution in [0.25, 0.3) is 0 Å². The second-order valence-electron chi connectivity index (χ2n) is 7.33. The molecule has 1 aromatic rings. The smallest absolute Gasteiger partial charge is 0.410 e. The number of rotatable bonds is 1. The molecule has 0 aliphatic carbocycles. The Morgan fingerprint density at radius 3 is 2.73 bits per heavy atom. The molecule has 0 bridgehead atoms. The summed E-state index contributed by atoms with van der Waals surface area (Å²) in [5.74, 6) is -0.595. The van der Waals surface area contributed by atoms with E-state index in [0.717, 1.165) is 0 Å². The third-order valence-corrected chi connectivity index (χ3v) is 4.26. The van der Waals surface area contributed by atoms with E-state index >= 15 is 0 Å². The number of cyclic esters (lactones) is 1. The number of carbonyl (C=O) groups is 2. The number of hydrogen-bond acceptors (Lipinski definition) is 7. The fourth-order valence-corrected chi connectivity index (χ4v) is 3.11. The van der Waals surface area contributed by atoms with Crippen LogP contribution in [0.2, 0.25) is 0 Å². The van der Waals surface area contributed by atoms with Gasteiger partial charge in [0.05, 0.1) is 22.2 Å². The van der Waals surface area contributed by atoms with Gasteiger partial charge < -0.3 is 19.3 Å². The van der Waals surface area contributed by atoms with Crippen LogP contribution in [-0.2, 0) is 9.47 Å². The Morgan fingerprint density at radius 1 is 1.35 bits per heavy atom. The van der Waals surface area contributed by atoms with Gasteiger partial charge in [-0.2, -0.15) is 0 Å². The Hall–Kier alpha value is -2.84. The average molecular weight is 363 g/mol. The Kier molecular flexibility index (Phi) is 4.47. The molecule has 9 heteroatoms. The number of ether oxygens (including phenoxy) is 2. The van der Waals surface area contributed by atoms with Crippen molar-refractivity contribution in [1.82, 2.24) is 4.90 Å². The molecule has 140 valence electrons. The maximum absolute atomic E-state index is 12.3. The zero-order valence-corrected chi connectivity index (χ0v) is 14.9. The van der Waals surface area contributed by atoms with Gasteiger partial charge in [0.25, 0.3) is 5.69 Å². The fourth-order valence-electron chi connectivity index (χ4n) is 3.11. The summed E-state index contributed by atoms with van der Waals surface area (Å²) < 4.78 is 10.7. The Morgan fingerprint density at radius 2 is 2.08 bits per heavy atom. The van der Waals surface area contributed by atoms with Crippen molar-refractivity contribution in [3.63, 3.8) is 0 Å². The Balaban J connectivity index is 1.83. The van der Waals surface area contributed by atoms with Gasteiger partial charge in [-0.05, 0) is 26.8 Å². The van der Waals surface area contributed by atoms with Crippen LogP contribution in [-0.4, -0.2) is 59.8 Å². The van der Waals surface area contributed by atoms with E-state index in [9.17, 15) is 19.7 Å². The van der Waals surface area contributed by atoms with Gasteiger partial charge >= 0.3 is 12.1 Å². The molecule has 26 heavy (non-hydrogen) atoms. The van der Waals surface area contributed by atoms with Crippen molar-refractivity contribution in [2.24, 2.45) is 0 Å². The Bertz CT molecular complexity index is 757. The predicted molar refractivity (Wildman–Crippen MR) is 92.3 cm³/mol. The molecule has 0 spiro atoms. The van der Waals surface area contributed by atoms with Gasteiger partial charge in [-0.3, -0.25) is 10.1 Å². The Labute approximate surface area is 150 Å². The molecule has 0 radical (unpaired) electrons. The first-order valence-corrected chi connectivity index (χ1v) is 8.36. The van der Waals surface area contributed by atoms with Gasteiger partial charge in [-0.1, -0.05) is 0 Å². The average Bonchev–Trinajstić information content (AvgIpc) is 2.70. The number of carbonyl (C=O) groups excluding carboxylic acids is 2. The molecule has 0 saturated carbocycles. The number of anilines is 1. The predicted octanol–water partition coefficient (Wildman–Crippen LogP) is 2.19. The minimum absolute atomic E-state index is 0.0978. The third-order valence-electron chi connectivity index (χ3n) is 4.26. The number of nitro benzene ring substituents is 1. The molecular weight excluding hydrogens is 342 g/mol. The summed E-state index contributed by atoms with van der Waals surface area (Å²) in [6.45, 7) is 6.76. The molecule has 1 amide bonds. The van der Waals surface area contributed by atoms with Crippen LogP contribution in [0.3, 0.4) is 0 Å². The first-order chi connectivity index (χ1) is 12.2. The molecule has 1 aromatic carbocycles. The van der Waals surface area contributed by atoms with Crippen LogP contribution in [0.1, 0.15) is 31.1 Å². The molecule has 0 unspecified atom stereocenters. The third kappa shape index (κ3) is 3.56. The lowest BCUT2D eigenvalue weighted by Gasteiger charge is -2.41. The lowest BCUT2D eigenvalue weighted by atomic mass is 10.1. The van der Waals surface area contributed by atoms with Gasteiger partial charge in [0.2, 0.25) is 0 Å². The molecule has 9 nitrogen and oxygen atoms in total. The summed E-state index contributed by atoms with van der Waals surface area (Å²) in [6.07, 6.45) is -0.406. The highest BCUT2D eigenvalue weighted by molar-refractivity contribution is 5.97. The number of nitrogens with zero attached hydrogens (tertiary/aromatic N) is 3. The van der Waals surface area contributed by atoms with Crippen molar-refractivity contribution in [2.45, 2.75) is 32.4 Å². The highest BCUT2D eigenvalue weighted by Crippen LogP contribution is 2.32. The maximum Gasteiger partial charge on any atom is 0.410 e. The van der Waals surface area contributed by atoms with Crippen molar-refractivity contribution < 1.29 is 24.0 Å². The van der Waals surface area contributed by atoms with Crippen molar-refractivity contribution in [3.8, 4) is 0 Å². The number of piperazine rings is 1. The second-order valence-corrected chi connectivity index (χ2v) is 7.33. The van der Waals surface area contributed by atoms with Gasteiger partial charge in [-0.25, -0.2) is 9.59 Å². The van der Waals surface area contributed by atoms with Crippen molar-refractivity contribution >= 4 is 23.4 Å². The van der Waals surface area contributed by atoms with Gasteiger partial charge in [0, 0.05) is 31.8 Å². The summed E-state index contributed by atoms with van der Waals surface area (Å²) in [4.78, 5) is 38.5. The van der Waals surface area contributed by atoms with Crippen LogP contribution < -0.4 is 4.90 Å². The molecule has 1 saturated heterocycles. The van der Waals surface area contributed by atoms with Crippen LogP contribution in [0, 0.1) is 10.1 Å².